The van der Waals surface area contributed by atoms with Gasteiger partial charge in [0.2, 0.25) is 0 Å². The molecule has 82 valence electrons. The van der Waals surface area contributed by atoms with Crippen molar-refractivity contribution in [2.24, 2.45) is 0 Å². The second-order valence-electron chi connectivity index (χ2n) is 3.58. The number of nitrogen functional groups attached to an aromatic ring is 1. The van der Waals surface area contributed by atoms with E-state index in [2.05, 4.69) is 0 Å². The third-order valence-corrected chi connectivity index (χ3v) is 2.17. The summed E-state index contributed by atoms with van der Waals surface area (Å²) in [6.45, 7) is 3.49. The summed E-state index contributed by atoms with van der Waals surface area (Å²) in [6.07, 6.45) is 0. The van der Waals surface area contributed by atoms with E-state index in [9.17, 15) is 15.0 Å². The molecule has 0 saturated carbocycles. The van der Waals surface area contributed by atoms with Crippen LogP contribution in [0.2, 0.25) is 0 Å². The Labute approximate surface area is 86.8 Å². The van der Waals surface area contributed by atoms with Crippen LogP contribution in [0.25, 0.3) is 0 Å². The fraction of sp³-hybridized carbons (Fsp3) is 0.300. The third-order valence-electron chi connectivity index (χ3n) is 2.17. The van der Waals surface area contributed by atoms with Gasteiger partial charge in [0.1, 0.15) is 0 Å². The topological polar surface area (TPSA) is 104 Å². The number of rotatable bonds is 2. The summed E-state index contributed by atoms with van der Waals surface area (Å²) in [5.41, 5.74) is 5.65. The van der Waals surface area contributed by atoms with E-state index < -0.39 is 11.7 Å². The number of benzene rings is 1. The van der Waals surface area contributed by atoms with Crippen molar-refractivity contribution in [3.05, 3.63) is 17.2 Å². The van der Waals surface area contributed by atoms with Gasteiger partial charge in [0, 0.05) is 11.6 Å². The molecule has 5 heteroatoms. The largest absolute Gasteiger partial charge is 0.504 e. The molecular weight excluding hydrogens is 198 g/mol. The number of anilines is 1. The van der Waals surface area contributed by atoms with Crippen LogP contribution in [0, 0.1) is 0 Å². The monoisotopic (exact) mass is 211 g/mol. The lowest BCUT2D eigenvalue weighted by molar-refractivity contribution is 0.0697. The van der Waals surface area contributed by atoms with Gasteiger partial charge in [-0.1, -0.05) is 13.8 Å². The van der Waals surface area contributed by atoms with Crippen molar-refractivity contribution in [3.8, 4) is 11.5 Å². The first-order valence-corrected chi connectivity index (χ1v) is 4.43. The van der Waals surface area contributed by atoms with Crippen molar-refractivity contribution in [1.82, 2.24) is 0 Å². The zero-order chi connectivity index (χ0) is 11.7. The smallest absolute Gasteiger partial charge is 0.337 e. The highest BCUT2D eigenvalue weighted by Crippen LogP contribution is 2.40. The summed E-state index contributed by atoms with van der Waals surface area (Å²) >= 11 is 0. The summed E-state index contributed by atoms with van der Waals surface area (Å²) in [4.78, 5) is 10.8. The quantitative estimate of drug-likeness (QED) is 0.337. The van der Waals surface area contributed by atoms with Crippen molar-refractivity contribution in [3.63, 3.8) is 0 Å². The maximum atomic E-state index is 10.8. The molecule has 0 radical (unpaired) electrons. The van der Waals surface area contributed by atoms with Gasteiger partial charge in [-0.05, 0) is 5.92 Å². The van der Waals surface area contributed by atoms with Gasteiger partial charge in [0.15, 0.2) is 11.5 Å². The van der Waals surface area contributed by atoms with Crippen molar-refractivity contribution >= 4 is 11.7 Å². The van der Waals surface area contributed by atoms with Gasteiger partial charge in [0.05, 0.1) is 11.3 Å². The molecule has 5 N–H and O–H groups in total. The Morgan fingerprint density at radius 2 is 1.93 bits per heavy atom. The molecule has 0 aliphatic carbocycles. The van der Waals surface area contributed by atoms with Crippen LogP contribution in [0.1, 0.15) is 35.7 Å². The van der Waals surface area contributed by atoms with Gasteiger partial charge >= 0.3 is 5.97 Å². The Morgan fingerprint density at radius 3 is 2.33 bits per heavy atom. The molecule has 0 aliphatic heterocycles. The van der Waals surface area contributed by atoms with Gasteiger partial charge in [-0.3, -0.25) is 0 Å². The first kappa shape index (κ1) is 11.2. The van der Waals surface area contributed by atoms with E-state index >= 15 is 0 Å². The number of aromatic hydroxyl groups is 2. The zero-order valence-corrected chi connectivity index (χ0v) is 8.48. The summed E-state index contributed by atoms with van der Waals surface area (Å²) in [5, 5.41) is 27.7. The highest BCUT2D eigenvalue weighted by atomic mass is 16.4. The number of nitrogens with two attached hydrogens (primary N) is 1. The molecule has 0 unspecified atom stereocenters. The van der Waals surface area contributed by atoms with Crippen molar-refractivity contribution in [2.75, 3.05) is 5.73 Å². The minimum absolute atomic E-state index is 0.00667. The van der Waals surface area contributed by atoms with Crippen LogP contribution in [0.15, 0.2) is 6.07 Å². The molecule has 1 aromatic carbocycles. The summed E-state index contributed by atoms with van der Waals surface area (Å²) < 4.78 is 0. The Kier molecular flexibility index (Phi) is 2.74. The van der Waals surface area contributed by atoms with E-state index in [4.69, 9.17) is 10.8 Å². The van der Waals surface area contributed by atoms with Crippen molar-refractivity contribution < 1.29 is 20.1 Å². The Morgan fingerprint density at radius 1 is 1.40 bits per heavy atom. The third kappa shape index (κ3) is 1.81. The number of hydrogen-bond acceptors (Lipinski definition) is 4. The van der Waals surface area contributed by atoms with Gasteiger partial charge in [-0.2, -0.15) is 0 Å². The fourth-order valence-corrected chi connectivity index (χ4v) is 1.45. The highest BCUT2D eigenvalue weighted by molar-refractivity contribution is 5.96. The van der Waals surface area contributed by atoms with E-state index in [0.29, 0.717) is 0 Å². The van der Waals surface area contributed by atoms with Crippen LogP contribution in [0.5, 0.6) is 11.5 Å². The number of aromatic carboxylic acids is 1. The van der Waals surface area contributed by atoms with E-state index in [0.717, 1.165) is 6.07 Å². The minimum Gasteiger partial charge on any atom is -0.504 e. The molecule has 0 atom stereocenters. The molecule has 1 rings (SSSR count). The maximum absolute atomic E-state index is 10.8. The number of carbonyl (C=O) groups is 1. The summed E-state index contributed by atoms with van der Waals surface area (Å²) in [7, 11) is 0. The normalized spacial score (nSPS) is 10.6. The first-order valence-electron chi connectivity index (χ1n) is 4.43. The predicted molar refractivity (Wildman–Crippen MR) is 55.2 cm³/mol. The van der Waals surface area contributed by atoms with Crippen LogP contribution in [-0.2, 0) is 0 Å². The zero-order valence-electron chi connectivity index (χ0n) is 8.48. The van der Waals surface area contributed by atoms with Crippen LogP contribution < -0.4 is 5.73 Å². The number of carboxylic acids is 1. The van der Waals surface area contributed by atoms with E-state index in [1.165, 1.54) is 0 Å². The highest BCUT2D eigenvalue weighted by Gasteiger charge is 2.20. The molecule has 0 aliphatic rings. The molecule has 15 heavy (non-hydrogen) atoms. The van der Waals surface area contributed by atoms with Crippen molar-refractivity contribution in [1.29, 1.82) is 0 Å². The number of hydrogen-bond donors (Lipinski definition) is 4. The van der Waals surface area contributed by atoms with E-state index in [1.807, 2.05) is 0 Å². The lowest BCUT2D eigenvalue weighted by Gasteiger charge is -2.14. The molecule has 0 fully saturated rings. The van der Waals surface area contributed by atoms with Crippen LogP contribution >= 0.6 is 0 Å². The molecule has 0 saturated heterocycles. The molecule has 0 heterocycles. The standard InChI is InChI=1S/C10H13NO4/c1-4(2)7-8(11)5(10(14)15)3-6(12)9(7)13/h3-4,12-13H,11H2,1-2H3,(H,14,15). The second kappa shape index (κ2) is 3.68. The predicted octanol–water partition coefficient (Wildman–Crippen LogP) is 1.50. The lowest BCUT2D eigenvalue weighted by atomic mass is 9.96. The number of phenols is 2. The molecule has 0 amide bonds. The second-order valence-corrected chi connectivity index (χ2v) is 3.58. The molecule has 5 nitrogen and oxygen atoms in total. The average molecular weight is 211 g/mol. The summed E-state index contributed by atoms with van der Waals surface area (Å²) in [5.74, 6) is -2.22. The first-order chi connectivity index (χ1) is 6.86. The minimum atomic E-state index is -1.23. The molecule has 0 aromatic heterocycles. The lowest BCUT2D eigenvalue weighted by Crippen LogP contribution is -2.07. The number of phenolic OH excluding ortho intramolecular Hbond substituents is 2. The molecule has 0 spiro atoms. The molecular formula is C10H13NO4. The van der Waals surface area contributed by atoms with Gasteiger partial charge < -0.3 is 21.1 Å². The molecule has 0 bridgehead atoms. The van der Waals surface area contributed by atoms with Crippen LogP contribution in [-0.4, -0.2) is 21.3 Å². The number of carboxylic acid groups (broad SMARTS) is 1. The molecule has 1 aromatic rings. The van der Waals surface area contributed by atoms with Crippen LogP contribution in [0.3, 0.4) is 0 Å². The van der Waals surface area contributed by atoms with Gasteiger partial charge in [-0.15, -0.1) is 0 Å². The van der Waals surface area contributed by atoms with Crippen molar-refractivity contribution in [2.45, 2.75) is 19.8 Å². The average Bonchev–Trinajstić information content (AvgIpc) is 2.10. The Balaban J connectivity index is 3.56. The van der Waals surface area contributed by atoms with Gasteiger partial charge in [0.25, 0.3) is 0 Å². The van der Waals surface area contributed by atoms with Crippen LogP contribution in [0.4, 0.5) is 5.69 Å². The Bertz CT molecular complexity index is 412. The summed E-state index contributed by atoms with van der Waals surface area (Å²) in [6, 6.07) is 0.943. The van der Waals surface area contributed by atoms with Gasteiger partial charge in [-0.25, -0.2) is 4.79 Å². The SMILES string of the molecule is CC(C)c1c(N)c(C(=O)O)cc(O)c1O. The maximum Gasteiger partial charge on any atom is 0.337 e. The Hall–Kier alpha value is -1.91. The van der Waals surface area contributed by atoms with E-state index in [-0.39, 0.29) is 28.5 Å². The van der Waals surface area contributed by atoms with E-state index in [1.54, 1.807) is 13.8 Å². The fourth-order valence-electron chi connectivity index (χ4n) is 1.45.